The molecule has 0 atom stereocenters. The Balaban J connectivity index is 1.71. The Morgan fingerprint density at radius 2 is 2.00 bits per heavy atom. The van der Waals surface area contributed by atoms with Crippen LogP contribution in [-0.4, -0.2) is 40.3 Å². The molecule has 0 saturated carbocycles. The van der Waals surface area contributed by atoms with E-state index in [9.17, 15) is 4.79 Å². The molecule has 1 amide bonds. The number of aromatic nitrogens is 4. The van der Waals surface area contributed by atoms with Gasteiger partial charge in [0.1, 0.15) is 18.0 Å². The lowest BCUT2D eigenvalue weighted by molar-refractivity contribution is -0.117. The van der Waals surface area contributed by atoms with Crippen LogP contribution >= 0.6 is 0 Å². The van der Waals surface area contributed by atoms with E-state index < -0.39 is 0 Å². The molecule has 1 heterocycles. The van der Waals surface area contributed by atoms with Crippen LogP contribution in [0, 0.1) is 6.92 Å². The summed E-state index contributed by atoms with van der Waals surface area (Å²) in [4.78, 5) is 13.5. The number of methoxy groups -OCH3 is 2. The molecule has 1 aromatic heterocycles. The summed E-state index contributed by atoms with van der Waals surface area (Å²) in [5, 5.41) is 15.0. The summed E-state index contributed by atoms with van der Waals surface area (Å²) in [6.07, 6.45) is 0. The van der Waals surface area contributed by atoms with Crippen molar-refractivity contribution in [3.8, 4) is 22.9 Å². The number of carbonyl (C=O) groups excluding carboxylic acids is 1. The van der Waals surface area contributed by atoms with Gasteiger partial charge in [-0.2, -0.15) is 4.80 Å². The van der Waals surface area contributed by atoms with Gasteiger partial charge in [0.25, 0.3) is 0 Å². The first-order valence-corrected chi connectivity index (χ1v) is 7.96. The summed E-state index contributed by atoms with van der Waals surface area (Å²) >= 11 is 0. The molecule has 0 aliphatic carbocycles. The largest absolute Gasteiger partial charge is 0.497 e. The highest BCUT2D eigenvalue weighted by Gasteiger charge is 2.12. The molecule has 134 valence electrons. The minimum atomic E-state index is -0.275. The maximum absolute atomic E-state index is 12.3. The maximum Gasteiger partial charge on any atom is 0.248 e. The third-order valence-electron chi connectivity index (χ3n) is 3.69. The fraction of sp³-hybridized carbons (Fsp3) is 0.222. The number of aryl methyl sites for hydroxylation is 1. The molecule has 0 bridgehead atoms. The van der Waals surface area contributed by atoms with Crippen molar-refractivity contribution in [3.05, 3.63) is 48.0 Å². The standard InChI is InChI=1S/C18H19N5O3/c1-12-7-8-16(26-3)15(9-12)19-17(24)11-23-21-18(20-22-23)13-5-4-6-14(10-13)25-2/h4-10H,11H2,1-3H3,(H,19,24). The van der Waals surface area contributed by atoms with Crippen molar-refractivity contribution < 1.29 is 14.3 Å². The van der Waals surface area contributed by atoms with E-state index in [1.165, 1.54) is 4.80 Å². The van der Waals surface area contributed by atoms with E-state index in [1.807, 2.05) is 37.3 Å². The summed E-state index contributed by atoms with van der Waals surface area (Å²) in [5.41, 5.74) is 2.38. The van der Waals surface area contributed by atoms with E-state index in [0.717, 1.165) is 11.1 Å². The fourth-order valence-electron chi connectivity index (χ4n) is 2.43. The first-order chi connectivity index (χ1) is 12.6. The van der Waals surface area contributed by atoms with Gasteiger partial charge in [-0.3, -0.25) is 4.79 Å². The highest BCUT2D eigenvalue weighted by atomic mass is 16.5. The molecule has 3 aromatic rings. The number of carbonyl (C=O) groups is 1. The maximum atomic E-state index is 12.3. The monoisotopic (exact) mass is 353 g/mol. The van der Waals surface area contributed by atoms with Gasteiger partial charge < -0.3 is 14.8 Å². The van der Waals surface area contributed by atoms with Crippen LogP contribution in [0.1, 0.15) is 5.56 Å². The zero-order valence-electron chi connectivity index (χ0n) is 14.8. The Kier molecular flexibility index (Phi) is 5.12. The van der Waals surface area contributed by atoms with Crippen molar-refractivity contribution in [2.75, 3.05) is 19.5 Å². The average Bonchev–Trinajstić information content (AvgIpc) is 3.10. The molecule has 0 radical (unpaired) electrons. The molecular weight excluding hydrogens is 334 g/mol. The molecule has 0 unspecified atom stereocenters. The molecule has 8 nitrogen and oxygen atoms in total. The lowest BCUT2D eigenvalue weighted by atomic mass is 10.2. The van der Waals surface area contributed by atoms with Crippen LogP contribution in [0.2, 0.25) is 0 Å². The van der Waals surface area contributed by atoms with Crippen LogP contribution in [0.25, 0.3) is 11.4 Å². The molecule has 3 rings (SSSR count). The second-order valence-electron chi connectivity index (χ2n) is 5.63. The zero-order chi connectivity index (χ0) is 18.5. The second-order valence-corrected chi connectivity index (χ2v) is 5.63. The highest BCUT2D eigenvalue weighted by molar-refractivity contribution is 5.92. The molecule has 0 fully saturated rings. The van der Waals surface area contributed by atoms with E-state index in [0.29, 0.717) is 23.0 Å². The van der Waals surface area contributed by atoms with Gasteiger partial charge in [-0.1, -0.05) is 18.2 Å². The first-order valence-electron chi connectivity index (χ1n) is 7.96. The topological polar surface area (TPSA) is 91.2 Å². The van der Waals surface area contributed by atoms with Gasteiger partial charge in [0.15, 0.2) is 0 Å². The number of nitrogens with one attached hydrogen (secondary N) is 1. The molecule has 0 aliphatic heterocycles. The zero-order valence-corrected chi connectivity index (χ0v) is 14.8. The van der Waals surface area contributed by atoms with E-state index in [1.54, 1.807) is 26.4 Å². The number of hydrogen-bond donors (Lipinski definition) is 1. The first kappa shape index (κ1) is 17.4. The Bertz CT molecular complexity index is 923. The van der Waals surface area contributed by atoms with Gasteiger partial charge in [-0.25, -0.2) is 0 Å². The summed E-state index contributed by atoms with van der Waals surface area (Å²) in [6, 6.07) is 12.9. The van der Waals surface area contributed by atoms with Crippen molar-refractivity contribution in [3.63, 3.8) is 0 Å². The summed E-state index contributed by atoms with van der Waals surface area (Å²) in [6.45, 7) is 1.88. The highest BCUT2D eigenvalue weighted by Crippen LogP contribution is 2.25. The average molecular weight is 353 g/mol. The smallest absolute Gasteiger partial charge is 0.248 e. The van der Waals surface area contributed by atoms with Crippen LogP contribution < -0.4 is 14.8 Å². The van der Waals surface area contributed by atoms with Crippen LogP contribution in [-0.2, 0) is 11.3 Å². The summed E-state index contributed by atoms with van der Waals surface area (Å²) in [7, 11) is 3.15. The normalized spacial score (nSPS) is 10.4. The summed E-state index contributed by atoms with van der Waals surface area (Å²) in [5.74, 6) is 1.43. The minimum Gasteiger partial charge on any atom is -0.497 e. The molecule has 26 heavy (non-hydrogen) atoms. The quantitative estimate of drug-likeness (QED) is 0.731. The lowest BCUT2D eigenvalue weighted by Gasteiger charge is -2.10. The van der Waals surface area contributed by atoms with Gasteiger partial charge in [-0.15, -0.1) is 10.2 Å². The van der Waals surface area contributed by atoms with Crippen molar-refractivity contribution in [1.82, 2.24) is 20.2 Å². The molecule has 0 aliphatic rings. The van der Waals surface area contributed by atoms with Gasteiger partial charge in [0.2, 0.25) is 11.7 Å². The van der Waals surface area contributed by atoms with Gasteiger partial charge >= 0.3 is 0 Å². The van der Waals surface area contributed by atoms with Crippen molar-refractivity contribution in [2.45, 2.75) is 13.5 Å². The van der Waals surface area contributed by atoms with Gasteiger partial charge in [0, 0.05) is 5.56 Å². The second kappa shape index (κ2) is 7.64. The van der Waals surface area contributed by atoms with Crippen molar-refractivity contribution >= 4 is 11.6 Å². The SMILES string of the molecule is COc1cccc(-c2nnn(CC(=O)Nc3cc(C)ccc3OC)n2)c1. The number of tetrazole rings is 1. The van der Waals surface area contributed by atoms with Crippen molar-refractivity contribution in [1.29, 1.82) is 0 Å². The van der Waals surface area contributed by atoms with Gasteiger partial charge in [-0.05, 0) is 42.0 Å². The van der Waals surface area contributed by atoms with E-state index in [2.05, 4.69) is 20.7 Å². The van der Waals surface area contributed by atoms with E-state index >= 15 is 0 Å². The van der Waals surface area contributed by atoms with Crippen LogP contribution in [0.4, 0.5) is 5.69 Å². The molecule has 0 saturated heterocycles. The Morgan fingerprint density at radius 1 is 1.15 bits per heavy atom. The Hall–Kier alpha value is -3.42. The molecule has 8 heteroatoms. The predicted octanol–water partition coefficient (Wildman–Crippen LogP) is 2.30. The number of nitrogens with zero attached hydrogens (tertiary/aromatic N) is 4. The third-order valence-corrected chi connectivity index (χ3v) is 3.69. The lowest BCUT2D eigenvalue weighted by Crippen LogP contribution is -2.20. The van der Waals surface area contributed by atoms with Crippen LogP contribution in [0.3, 0.4) is 0 Å². The number of ether oxygens (including phenoxy) is 2. The summed E-state index contributed by atoms with van der Waals surface area (Å²) < 4.78 is 10.4. The molecule has 1 N–H and O–H groups in total. The molecular formula is C18H19N5O3. The molecule has 2 aromatic carbocycles. The fourth-order valence-corrected chi connectivity index (χ4v) is 2.43. The minimum absolute atomic E-state index is 0.0614. The van der Waals surface area contributed by atoms with Crippen molar-refractivity contribution in [2.24, 2.45) is 0 Å². The predicted molar refractivity (Wildman–Crippen MR) is 96.2 cm³/mol. The van der Waals surface area contributed by atoms with Crippen LogP contribution in [0.5, 0.6) is 11.5 Å². The van der Waals surface area contributed by atoms with E-state index in [-0.39, 0.29) is 12.5 Å². The number of benzene rings is 2. The number of amides is 1. The third kappa shape index (κ3) is 3.97. The number of rotatable bonds is 6. The number of hydrogen-bond acceptors (Lipinski definition) is 6. The molecule has 0 spiro atoms. The number of anilines is 1. The van der Waals surface area contributed by atoms with E-state index in [4.69, 9.17) is 9.47 Å². The van der Waals surface area contributed by atoms with Gasteiger partial charge in [0.05, 0.1) is 19.9 Å². The Labute approximate surface area is 150 Å². The Morgan fingerprint density at radius 3 is 2.77 bits per heavy atom. The van der Waals surface area contributed by atoms with Crippen LogP contribution in [0.15, 0.2) is 42.5 Å².